The predicted molar refractivity (Wildman–Crippen MR) is 120 cm³/mol. The molecule has 12 heteroatoms. The van der Waals surface area contributed by atoms with Gasteiger partial charge in [0.2, 0.25) is 0 Å². The number of nitrogens with one attached hydrogen (secondary N) is 1. The van der Waals surface area contributed by atoms with Gasteiger partial charge in [0.15, 0.2) is 0 Å². The van der Waals surface area contributed by atoms with E-state index in [1.807, 2.05) is 0 Å². The maximum absolute atomic E-state index is 13.8. The Hall–Kier alpha value is -3.80. The number of hydrogen-bond acceptors (Lipinski definition) is 6. The van der Waals surface area contributed by atoms with Crippen LogP contribution in [0.1, 0.15) is 17.5 Å². The van der Waals surface area contributed by atoms with Crippen LogP contribution in [-0.4, -0.2) is 27.2 Å². The van der Waals surface area contributed by atoms with Crippen LogP contribution in [0.5, 0.6) is 5.75 Å². The summed E-state index contributed by atoms with van der Waals surface area (Å²) >= 11 is 0. The van der Waals surface area contributed by atoms with Crippen molar-refractivity contribution < 1.29 is 27.4 Å². The molecule has 1 aliphatic heterocycles. The van der Waals surface area contributed by atoms with Gasteiger partial charge in [0, 0.05) is 26.7 Å². The van der Waals surface area contributed by atoms with Crippen LogP contribution in [0, 0.1) is 5.82 Å². The molecule has 0 saturated carbocycles. The molecule has 2 N–H and O–H groups in total. The van der Waals surface area contributed by atoms with Crippen molar-refractivity contribution in [2.75, 3.05) is 16.8 Å². The molecular formula is C23H22F4N4O4. The van der Waals surface area contributed by atoms with Gasteiger partial charge in [-0.2, -0.15) is 13.2 Å². The number of fused-ring (bicyclic) bond motifs is 1. The van der Waals surface area contributed by atoms with Gasteiger partial charge < -0.3 is 20.1 Å². The lowest BCUT2D eigenvalue weighted by Gasteiger charge is -2.27. The van der Waals surface area contributed by atoms with Crippen LogP contribution < -0.4 is 26.2 Å². The molecule has 0 fully saturated rings. The van der Waals surface area contributed by atoms with Gasteiger partial charge in [-0.15, -0.1) is 0 Å². The van der Waals surface area contributed by atoms with Gasteiger partial charge in [-0.05, 0) is 30.2 Å². The number of hydrogen-bond donors (Lipinski definition) is 2. The highest BCUT2D eigenvalue weighted by Gasteiger charge is 2.38. The molecular weight excluding hydrogens is 472 g/mol. The number of aromatic nitrogens is 2. The molecule has 0 radical (unpaired) electrons. The van der Waals surface area contributed by atoms with E-state index >= 15 is 0 Å². The molecule has 2 heterocycles. The maximum atomic E-state index is 13.8. The topological polar surface area (TPSA) is 88.7 Å². The zero-order chi connectivity index (χ0) is 25.3. The Morgan fingerprint density at radius 3 is 2.49 bits per heavy atom. The fraction of sp³-hybridized carbons (Fsp3) is 0.304. The first-order valence-corrected chi connectivity index (χ1v) is 10.7. The minimum Gasteiger partial charge on any atom is -0.452 e. The van der Waals surface area contributed by atoms with E-state index in [9.17, 15) is 27.2 Å². The van der Waals surface area contributed by atoms with Gasteiger partial charge in [-0.1, -0.05) is 30.3 Å². The lowest BCUT2D eigenvalue weighted by molar-refractivity contribution is -0.140. The summed E-state index contributed by atoms with van der Waals surface area (Å²) in [7, 11) is 1.44. The molecule has 1 unspecified atom stereocenters. The Labute approximate surface area is 196 Å². The van der Waals surface area contributed by atoms with Gasteiger partial charge in [0.1, 0.15) is 23.1 Å². The van der Waals surface area contributed by atoms with Crippen molar-refractivity contribution in [3.05, 3.63) is 86.3 Å². The van der Waals surface area contributed by atoms with E-state index in [1.165, 1.54) is 16.5 Å². The second kappa shape index (κ2) is 9.45. The highest BCUT2D eigenvalue weighted by atomic mass is 19.4. The Balaban J connectivity index is 1.78. The predicted octanol–water partition coefficient (Wildman–Crippen LogP) is 2.88. The number of alkyl halides is 3. The van der Waals surface area contributed by atoms with Crippen molar-refractivity contribution in [1.29, 1.82) is 0 Å². The van der Waals surface area contributed by atoms with Crippen molar-refractivity contribution in [3.8, 4) is 5.75 Å². The van der Waals surface area contributed by atoms with Crippen LogP contribution in [0.4, 0.5) is 29.1 Å². The summed E-state index contributed by atoms with van der Waals surface area (Å²) in [4.78, 5) is 27.5. The first kappa shape index (κ1) is 24.3. The first-order valence-electron chi connectivity index (χ1n) is 10.7. The van der Waals surface area contributed by atoms with E-state index in [-0.39, 0.29) is 43.4 Å². The van der Waals surface area contributed by atoms with Crippen LogP contribution in [0.3, 0.4) is 0 Å². The second-order valence-electron chi connectivity index (χ2n) is 7.94. The van der Waals surface area contributed by atoms with Gasteiger partial charge in [-0.3, -0.25) is 13.9 Å². The van der Waals surface area contributed by atoms with Crippen LogP contribution in [-0.2, 0) is 26.3 Å². The summed E-state index contributed by atoms with van der Waals surface area (Å²) in [5.74, 6) is -1.60. The van der Waals surface area contributed by atoms with Crippen molar-refractivity contribution in [2.45, 2.75) is 32.0 Å². The number of ether oxygens (including phenoxy) is 1. The molecule has 8 nitrogen and oxygen atoms in total. The average Bonchev–Trinajstić information content (AvgIpc) is 3.17. The molecule has 0 aliphatic carbocycles. The molecule has 0 saturated heterocycles. The number of aliphatic hydroxyl groups excluding tert-OH is 1. The van der Waals surface area contributed by atoms with Crippen molar-refractivity contribution >= 4 is 11.5 Å². The van der Waals surface area contributed by atoms with Crippen LogP contribution in [0.15, 0.2) is 58.1 Å². The fourth-order valence-corrected chi connectivity index (χ4v) is 3.87. The third-order valence-corrected chi connectivity index (χ3v) is 5.58. The maximum Gasteiger partial charge on any atom is 0.419 e. The summed E-state index contributed by atoms with van der Waals surface area (Å²) in [6, 6.07) is 11.2. The van der Waals surface area contributed by atoms with E-state index in [4.69, 9.17) is 9.84 Å². The average molecular weight is 494 g/mol. The highest BCUT2D eigenvalue weighted by molar-refractivity contribution is 5.71. The second-order valence-corrected chi connectivity index (χ2v) is 7.94. The Morgan fingerprint density at radius 2 is 1.83 bits per heavy atom. The lowest BCUT2D eigenvalue weighted by atomic mass is 10.2. The molecule has 35 heavy (non-hydrogen) atoms. The summed E-state index contributed by atoms with van der Waals surface area (Å²) in [5.41, 5.74) is -1.91. The largest absolute Gasteiger partial charge is 0.452 e. The monoisotopic (exact) mass is 494 g/mol. The Morgan fingerprint density at radius 1 is 1.11 bits per heavy atom. The minimum absolute atomic E-state index is 0.0209. The highest BCUT2D eigenvalue weighted by Crippen LogP contribution is 2.36. The molecule has 1 atom stereocenters. The van der Waals surface area contributed by atoms with Crippen LogP contribution in [0.2, 0.25) is 0 Å². The summed E-state index contributed by atoms with van der Waals surface area (Å²) in [5, 5.41) is 12.0. The summed E-state index contributed by atoms with van der Waals surface area (Å²) in [6.45, 7) is -0.129. The number of rotatable bonds is 7. The molecule has 3 aromatic rings. The van der Waals surface area contributed by atoms with Gasteiger partial charge in [0.25, 0.3) is 11.9 Å². The molecule has 4 rings (SSSR count). The fourth-order valence-electron chi connectivity index (χ4n) is 3.87. The molecule has 186 valence electrons. The van der Waals surface area contributed by atoms with Gasteiger partial charge in [0.05, 0.1) is 5.56 Å². The normalized spacial score (nSPS) is 15.1. The Bertz CT molecular complexity index is 1340. The molecule has 0 bridgehead atoms. The standard InChI is InChI=1S/C23H22F4N4O4/c1-29-19-18(20(33)30(22(29)34)10-5-11-32)31(13-14-6-3-2-4-7-14)21(28-19)35-15-8-9-17(24)16(12-15)23(25,26)27/h2-4,6-9,12,21,28,32H,5,10-11,13H2,1H3. The summed E-state index contributed by atoms with van der Waals surface area (Å²) < 4.78 is 61.3. The van der Waals surface area contributed by atoms with E-state index in [0.717, 1.165) is 16.2 Å². The third kappa shape index (κ3) is 4.74. The van der Waals surface area contributed by atoms with Crippen molar-refractivity contribution in [3.63, 3.8) is 0 Å². The van der Waals surface area contributed by atoms with E-state index in [1.54, 1.807) is 30.3 Å². The summed E-state index contributed by atoms with van der Waals surface area (Å²) in [6.07, 6.45) is -5.93. The molecule has 1 aliphatic rings. The van der Waals surface area contributed by atoms with E-state index in [2.05, 4.69) is 5.32 Å². The number of benzene rings is 2. The van der Waals surface area contributed by atoms with Crippen LogP contribution >= 0.6 is 0 Å². The molecule has 0 amide bonds. The van der Waals surface area contributed by atoms with Crippen molar-refractivity contribution in [1.82, 2.24) is 9.13 Å². The Kier molecular flexibility index (Phi) is 6.57. The number of anilines is 2. The van der Waals surface area contributed by atoms with Crippen LogP contribution in [0.25, 0.3) is 0 Å². The number of halogens is 4. The zero-order valence-electron chi connectivity index (χ0n) is 18.6. The smallest absolute Gasteiger partial charge is 0.419 e. The first-order chi connectivity index (χ1) is 16.6. The van der Waals surface area contributed by atoms with E-state index in [0.29, 0.717) is 12.1 Å². The van der Waals surface area contributed by atoms with Crippen molar-refractivity contribution in [2.24, 2.45) is 7.05 Å². The van der Waals surface area contributed by atoms with E-state index < -0.39 is 35.2 Å². The molecule has 1 aromatic heterocycles. The van der Waals surface area contributed by atoms with Gasteiger partial charge in [-0.25, -0.2) is 9.18 Å². The van der Waals surface area contributed by atoms with Gasteiger partial charge >= 0.3 is 11.9 Å². The minimum atomic E-state index is -4.93. The molecule has 0 spiro atoms. The number of aliphatic hydroxyl groups is 1. The zero-order valence-corrected chi connectivity index (χ0v) is 18.6. The quantitative estimate of drug-likeness (QED) is 0.492. The SMILES string of the molecule is Cn1c2c(c(=O)n(CCCO)c1=O)N(Cc1ccccc1)C(Oc1ccc(F)c(C(F)(F)F)c1)N2. The lowest BCUT2D eigenvalue weighted by Crippen LogP contribution is -2.43. The molecule has 2 aromatic carbocycles. The third-order valence-electron chi connectivity index (χ3n) is 5.58. The number of nitrogens with zero attached hydrogens (tertiary/aromatic N) is 3.